The van der Waals surface area contributed by atoms with E-state index in [2.05, 4.69) is 29.3 Å². The number of aliphatic imine (C=N–C) groups is 1. The van der Waals surface area contributed by atoms with Crippen LogP contribution < -0.4 is 0 Å². The molecular formula is C20H21NO2. The van der Waals surface area contributed by atoms with Gasteiger partial charge in [-0.3, -0.25) is 4.99 Å². The maximum atomic E-state index is 11.8. The number of fused-ring (bicyclic) bond motifs is 1. The molecule has 118 valence electrons. The Kier molecular flexibility index (Phi) is 4.56. The molecule has 0 N–H and O–H groups in total. The van der Waals surface area contributed by atoms with Crippen molar-refractivity contribution in [1.82, 2.24) is 0 Å². The Balaban J connectivity index is 1.80. The fourth-order valence-electron chi connectivity index (χ4n) is 3.21. The number of carbonyl (C=O) groups excluding carboxylic acids is 1. The molecule has 0 spiro atoms. The normalized spacial score (nSPS) is 23.7. The standard InChI is InChI=1S/C20H21NO2/c1-23-19(22)18-15-17-12-6-8-14-20(17,21-18)13-7-5-11-16-9-3-2-4-10-16/h2-5,7,9-11,13,15H,6,8,12,14H2,1H3/b11-5+,13-7+. The summed E-state index contributed by atoms with van der Waals surface area (Å²) < 4.78 is 4.82. The molecular weight excluding hydrogens is 286 g/mol. The highest BCUT2D eigenvalue weighted by Crippen LogP contribution is 2.41. The summed E-state index contributed by atoms with van der Waals surface area (Å²) in [4.78, 5) is 16.5. The summed E-state index contributed by atoms with van der Waals surface area (Å²) >= 11 is 0. The summed E-state index contributed by atoms with van der Waals surface area (Å²) in [6, 6.07) is 10.2. The van der Waals surface area contributed by atoms with Gasteiger partial charge in [-0.05, 0) is 36.5 Å². The van der Waals surface area contributed by atoms with Gasteiger partial charge in [0.25, 0.3) is 0 Å². The lowest BCUT2D eigenvalue weighted by Crippen LogP contribution is -2.28. The van der Waals surface area contributed by atoms with Gasteiger partial charge in [0.05, 0.1) is 7.11 Å². The smallest absolute Gasteiger partial charge is 0.356 e. The first kappa shape index (κ1) is 15.5. The van der Waals surface area contributed by atoms with E-state index < -0.39 is 0 Å². The van der Waals surface area contributed by atoms with Crippen molar-refractivity contribution in [2.45, 2.75) is 31.2 Å². The van der Waals surface area contributed by atoms with E-state index in [1.807, 2.05) is 36.4 Å². The molecule has 0 saturated heterocycles. The molecule has 3 nitrogen and oxygen atoms in total. The first-order valence-corrected chi connectivity index (χ1v) is 8.04. The number of benzene rings is 1. The van der Waals surface area contributed by atoms with Crippen LogP contribution in [-0.4, -0.2) is 24.3 Å². The van der Waals surface area contributed by atoms with Crippen molar-refractivity contribution < 1.29 is 9.53 Å². The van der Waals surface area contributed by atoms with E-state index in [1.54, 1.807) is 0 Å². The average Bonchev–Trinajstić information content (AvgIpc) is 2.99. The van der Waals surface area contributed by atoms with Crippen LogP contribution in [0.4, 0.5) is 0 Å². The number of carbonyl (C=O) groups is 1. The minimum atomic E-state index is -0.348. The molecule has 1 atom stereocenters. The molecule has 1 unspecified atom stereocenters. The Morgan fingerprint density at radius 1 is 1.22 bits per heavy atom. The van der Waals surface area contributed by atoms with E-state index in [1.165, 1.54) is 18.2 Å². The lowest BCUT2D eigenvalue weighted by Gasteiger charge is -2.30. The van der Waals surface area contributed by atoms with Gasteiger partial charge in [0.15, 0.2) is 0 Å². The second kappa shape index (κ2) is 6.78. The van der Waals surface area contributed by atoms with E-state index in [0.717, 1.165) is 25.7 Å². The van der Waals surface area contributed by atoms with Gasteiger partial charge in [-0.15, -0.1) is 0 Å². The van der Waals surface area contributed by atoms with Gasteiger partial charge < -0.3 is 4.74 Å². The Bertz CT molecular complexity index is 698. The first-order chi connectivity index (χ1) is 11.2. The fourth-order valence-corrected chi connectivity index (χ4v) is 3.21. The number of allylic oxidation sites excluding steroid dienone is 2. The topological polar surface area (TPSA) is 38.7 Å². The Labute approximate surface area is 137 Å². The summed E-state index contributed by atoms with van der Waals surface area (Å²) in [7, 11) is 1.40. The van der Waals surface area contributed by atoms with Crippen LogP contribution in [0.3, 0.4) is 0 Å². The largest absolute Gasteiger partial charge is 0.464 e. The fraction of sp³-hybridized carbons (Fsp3) is 0.300. The molecule has 0 aromatic heterocycles. The zero-order valence-electron chi connectivity index (χ0n) is 13.4. The predicted octanol–water partition coefficient (Wildman–Crippen LogP) is 4.12. The molecule has 0 amide bonds. The van der Waals surface area contributed by atoms with Gasteiger partial charge in [0.1, 0.15) is 11.3 Å². The molecule has 1 aliphatic carbocycles. The number of rotatable bonds is 4. The van der Waals surface area contributed by atoms with Crippen LogP contribution in [-0.2, 0) is 9.53 Å². The molecule has 23 heavy (non-hydrogen) atoms. The number of nitrogens with zero attached hydrogens (tertiary/aromatic N) is 1. The SMILES string of the molecule is COC(=O)C1=NC2(/C=C/C=C/c3ccccc3)CCCCC2=C1. The summed E-state index contributed by atoms with van der Waals surface area (Å²) in [5.74, 6) is -0.348. The highest BCUT2D eigenvalue weighted by molar-refractivity contribution is 6.42. The minimum Gasteiger partial charge on any atom is -0.464 e. The van der Waals surface area contributed by atoms with Crippen LogP contribution in [0.2, 0.25) is 0 Å². The first-order valence-electron chi connectivity index (χ1n) is 8.04. The third kappa shape index (κ3) is 3.34. The predicted molar refractivity (Wildman–Crippen MR) is 93.3 cm³/mol. The molecule has 3 rings (SSSR count). The summed E-state index contributed by atoms with van der Waals surface area (Å²) in [6.07, 6.45) is 14.4. The van der Waals surface area contributed by atoms with Crippen molar-refractivity contribution in [3.8, 4) is 0 Å². The minimum absolute atomic E-state index is 0.344. The molecule has 1 aliphatic heterocycles. The van der Waals surface area contributed by atoms with Crippen LogP contribution >= 0.6 is 0 Å². The van der Waals surface area contributed by atoms with Crippen LogP contribution in [0, 0.1) is 0 Å². The molecule has 1 fully saturated rings. The molecule has 0 radical (unpaired) electrons. The number of ether oxygens (including phenoxy) is 1. The third-order valence-electron chi connectivity index (χ3n) is 4.41. The summed E-state index contributed by atoms with van der Waals surface area (Å²) in [6.45, 7) is 0. The van der Waals surface area contributed by atoms with Crippen molar-refractivity contribution in [1.29, 1.82) is 0 Å². The highest BCUT2D eigenvalue weighted by Gasteiger charge is 2.38. The monoisotopic (exact) mass is 307 g/mol. The second-order valence-corrected chi connectivity index (χ2v) is 5.92. The number of hydrogen-bond donors (Lipinski definition) is 0. The summed E-state index contributed by atoms with van der Waals surface area (Å²) in [5.41, 5.74) is 2.50. The Morgan fingerprint density at radius 3 is 2.83 bits per heavy atom. The van der Waals surface area contributed by atoms with Gasteiger partial charge in [-0.1, -0.05) is 61.1 Å². The molecule has 1 aromatic rings. The molecule has 2 aliphatic rings. The number of hydrogen-bond acceptors (Lipinski definition) is 3. The van der Waals surface area contributed by atoms with Crippen molar-refractivity contribution in [3.63, 3.8) is 0 Å². The van der Waals surface area contributed by atoms with E-state index in [-0.39, 0.29) is 11.5 Å². The van der Waals surface area contributed by atoms with Crippen LogP contribution in [0.25, 0.3) is 6.08 Å². The third-order valence-corrected chi connectivity index (χ3v) is 4.41. The molecule has 0 bridgehead atoms. The van der Waals surface area contributed by atoms with E-state index >= 15 is 0 Å². The highest BCUT2D eigenvalue weighted by atomic mass is 16.5. The molecule has 3 heteroatoms. The zero-order chi connectivity index (χ0) is 16.1. The van der Waals surface area contributed by atoms with Crippen LogP contribution in [0.1, 0.15) is 31.2 Å². The van der Waals surface area contributed by atoms with Crippen molar-refractivity contribution in [3.05, 3.63) is 65.8 Å². The van der Waals surface area contributed by atoms with Gasteiger partial charge in [-0.2, -0.15) is 0 Å². The van der Waals surface area contributed by atoms with Gasteiger partial charge in [0.2, 0.25) is 0 Å². The number of esters is 1. The molecule has 1 saturated carbocycles. The van der Waals surface area contributed by atoms with Crippen LogP contribution in [0.5, 0.6) is 0 Å². The molecule has 1 aromatic carbocycles. The van der Waals surface area contributed by atoms with E-state index in [0.29, 0.717) is 5.71 Å². The molecule has 1 heterocycles. The number of methoxy groups -OCH3 is 1. The Hall–Kier alpha value is -2.42. The quantitative estimate of drug-likeness (QED) is 0.620. The summed E-state index contributed by atoms with van der Waals surface area (Å²) in [5, 5.41) is 0. The lowest BCUT2D eigenvalue weighted by molar-refractivity contribution is -0.132. The average molecular weight is 307 g/mol. The van der Waals surface area contributed by atoms with E-state index in [4.69, 9.17) is 4.74 Å². The maximum absolute atomic E-state index is 11.8. The second-order valence-electron chi connectivity index (χ2n) is 5.92. The lowest BCUT2D eigenvalue weighted by atomic mass is 9.78. The van der Waals surface area contributed by atoms with Crippen molar-refractivity contribution in [2.75, 3.05) is 7.11 Å². The van der Waals surface area contributed by atoms with Gasteiger partial charge in [0, 0.05) is 0 Å². The van der Waals surface area contributed by atoms with Gasteiger partial charge >= 0.3 is 5.97 Å². The maximum Gasteiger partial charge on any atom is 0.356 e. The van der Waals surface area contributed by atoms with E-state index in [9.17, 15) is 4.79 Å². The van der Waals surface area contributed by atoms with Crippen molar-refractivity contribution >= 4 is 17.8 Å². The Morgan fingerprint density at radius 2 is 2.04 bits per heavy atom. The van der Waals surface area contributed by atoms with Crippen LogP contribution in [0.15, 0.2) is 65.2 Å². The van der Waals surface area contributed by atoms with Crippen molar-refractivity contribution in [2.24, 2.45) is 4.99 Å². The van der Waals surface area contributed by atoms with Gasteiger partial charge in [-0.25, -0.2) is 4.79 Å². The zero-order valence-corrected chi connectivity index (χ0v) is 13.4.